The van der Waals surface area contributed by atoms with Crippen molar-refractivity contribution in [3.63, 3.8) is 0 Å². The van der Waals surface area contributed by atoms with Gasteiger partial charge in [0, 0.05) is 6.54 Å². The molecule has 0 aliphatic heterocycles. The fraction of sp³-hybridized carbons (Fsp3) is 0.333. The van der Waals surface area contributed by atoms with Gasteiger partial charge in [-0.1, -0.05) is 6.08 Å². The SMILES string of the molecule is NCC=CS(=O)(=O)O. The van der Waals surface area contributed by atoms with Crippen molar-refractivity contribution in [2.75, 3.05) is 6.54 Å². The van der Waals surface area contributed by atoms with Gasteiger partial charge in [0.15, 0.2) is 0 Å². The van der Waals surface area contributed by atoms with E-state index in [1.807, 2.05) is 0 Å². The van der Waals surface area contributed by atoms with Crippen LogP contribution in [-0.4, -0.2) is 19.5 Å². The Morgan fingerprint density at radius 2 is 2.12 bits per heavy atom. The van der Waals surface area contributed by atoms with Gasteiger partial charge in [-0.2, -0.15) is 8.42 Å². The van der Waals surface area contributed by atoms with Crippen LogP contribution in [0.15, 0.2) is 11.5 Å². The Morgan fingerprint density at radius 1 is 1.62 bits per heavy atom. The monoisotopic (exact) mass is 137 g/mol. The van der Waals surface area contributed by atoms with Gasteiger partial charge in [-0.3, -0.25) is 4.55 Å². The second-order valence-electron chi connectivity index (χ2n) is 1.12. The predicted octanol–water partition coefficient (Wildman–Crippen LogP) is -0.653. The molecule has 8 heavy (non-hydrogen) atoms. The van der Waals surface area contributed by atoms with Crippen LogP contribution in [0, 0.1) is 0 Å². The van der Waals surface area contributed by atoms with Crippen molar-refractivity contribution in [1.82, 2.24) is 0 Å². The summed E-state index contributed by atoms with van der Waals surface area (Å²) in [6, 6.07) is 0. The van der Waals surface area contributed by atoms with E-state index >= 15 is 0 Å². The summed E-state index contributed by atoms with van der Waals surface area (Å²) in [4.78, 5) is 0. The highest BCUT2D eigenvalue weighted by Crippen LogP contribution is 1.80. The lowest BCUT2D eigenvalue weighted by atomic mass is 10.7. The minimum absolute atomic E-state index is 0.111. The van der Waals surface area contributed by atoms with Gasteiger partial charge in [0.25, 0.3) is 10.1 Å². The summed E-state index contributed by atoms with van der Waals surface area (Å²) >= 11 is 0. The molecule has 0 atom stereocenters. The lowest BCUT2D eigenvalue weighted by Crippen LogP contribution is -1.96. The van der Waals surface area contributed by atoms with E-state index in [1.54, 1.807) is 0 Å². The van der Waals surface area contributed by atoms with E-state index in [0.29, 0.717) is 5.41 Å². The topological polar surface area (TPSA) is 80.4 Å². The first-order chi connectivity index (χ1) is 3.56. The first-order valence-corrected chi connectivity index (χ1v) is 3.40. The average Bonchev–Trinajstić information content (AvgIpc) is 1.59. The maximum Gasteiger partial charge on any atom is 0.287 e. The minimum atomic E-state index is -3.95. The molecule has 0 spiro atoms. The van der Waals surface area contributed by atoms with Gasteiger partial charge in [0.2, 0.25) is 0 Å². The standard InChI is InChI=1S/C3H7NO3S/c4-2-1-3-8(5,6)7/h1,3H,2,4H2,(H,5,6,7). The minimum Gasteiger partial charge on any atom is -0.327 e. The van der Waals surface area contributed by atoms with Gasteiger partial charge in [-0.05, 0) is 0 Å². The largest absolute Gasteiger partial charge is 0.327 e. The molecular weight excluding hydrogens is 130 g/mol. The molecule has 0 aromatic heterocycles. The molecule has 0 bridgehead atoms. The van der Waals surface area contributed by atoms with Crippen LogP contribution in [-0.2, 0) is 10.1 Å². The predicted molar refractivity (Wildman–Crippen MR) is 29.7 cm³/mol. The van der Waals surface area contributed by atoms with Gasteiger partial charge in [-0.25, -0.2) is 0 Å². The van der Waals surface area contributed by atoms with Crippen LogP contribution < -0.4 is 5.73 Å². The highest BCUT2D eigenvalue weighted by atomic mass is 32.2. The summed E-state index contributed by atoms with van der Waals surface area (Å²) in [6.45, 7) is 0.111. The molecule has 0 heterocycles. The summed E-state index contributed by atoms with van der Waals surface area (Å²) in [7, 11) is -3.95. The van der Waals surface area contributed by atoms with Crippen molar-refractivity contribution in [2.45, 2.75) is 0 Å². The van der Waals surface area contributed by atoms with E-state index in [1.165, 1.54) is 0 Å². The molecule has 0 fully saturated rings. The third-order valence-electron chi connectivity index (χ3n) is 0.404. The smallest absolute Gasteiger partial charge is 0.287 e. The summed E-state index contributed by atoms with van der Waals surface area (Å²) in [5.74, 6) is 0. The van der Waals surface area contributed by atoms with Gasteiger partial charge in [0.05, 0.1) is 5.41 Å². The molecule has 4 nitrogen and oxygen atoms in total. The molecule has 5 heteroatoms. The molecule has 0 saturated carbocycles. The molecule has 0 aliphatic carbocycles. The van der Waals surface area contributed by atoms with Crippen LogP contribution in [0.5, 0.6) is 0 Å². The third kappa shape index (κ3) is 5.61. The molecule has 0 aromatic rings. The van der Waals surface area contributed by atoms with Crippen LogP contribution in [0.4, 0.5) is 0 Å². The summed E-state index contributed by atoms with van der Waals surface area (Å²) in [5, 5.41) is 0.646. The fourth-order valence-electron chi connectivity index (χ4n) is 0.177. The normalized spacial score (nSPS) is 12.8. The van der Waals surface area contributed by atoms with Crippen LogP contribution in [0.1, 0.15) is 0 Å². The molecule has 0 aromatic carbocycles. The Hall–Kier alpha value is -0.390. The molecule has 0 radical (unpaired) electrons. The Morgan fingerprint density at radius 3 is 2.25 bits per heavy atom. The lowest BCUT2D eigenvalue weighted by molar-refractivity contribution is 0.494. The van der Waals surface area contributed by atoms with Crippen molar-refractivity contribution >= 4 is 10.1 Å². The van der Waals surface area contributed by atoms with Crippen molar-refractivity contribution < 1.29 is 13.0 Å². The van der Waals surface area contributed by atoms with Gasteiger partial charge >= 0.3 is 0 Å². The van der Waals surface area contributed by atoms with E-state index in [9.17, 15) is 8.42 Å². The zero-order valence-electron chi connectivity index (χ0n) is 4.11. The summed E-state index contributed by atoms with van der Waals surface area (Å²) in [5.41, 5.74) is 4.87. The van der Waals surface area contributed by atoms with E-state index in [4.69, 9.17) is 10.3 Å². The third-order valence-corrected chi connectivity index (χ3v) is 0.941. The Bertz CT molecular complexity index is 169. The number of hydrogen-bond donors (Lipinski definition) is 2. The quantitative estimate of drug-likeness (QED) is 0.495. The second-order valence-corrected chi connectivity index (χ2v) is 2.42. The lowest BCUT2D eigenvalue weighted by Gasteiger charge is -1.79. The molecule has 0 amide bonds. The maximum atomic E-state index is 9.80. The van der Waals surface area contributed by atoms with Crippen molar-refractivity contribution in [2.24, 2.45) is 5.73 Å². The first-order valence-electron chi connectivity index (χ1n) is 1.90. The highest BCUT2D eigenvalue weighted by Gasteiger charge is 1.91. The van der Waals surface area contributed by atoms with E-state index in [2.05, 4.69) is 0 Å². The zero-order chi connectivity index (χ0) is 6.62. The Balaban J connectivity index is 3.92. The number of rotatable bonds is 2. The summed E-state index contributed by atoms with van der Waals surface area (Å²) in [6.07, 6.45) is 1.15. The molecule has 0 unspecified atom stereocenters. The van der Waals surface area contributed by atoms with Gasteiger partial charge in [-0.15, -0.1) is 0 Å². The Labute approximate surface area is 47.7 Å². The van der Waals surface area contributed by atoms with E-state index < -0.39 is 10.1 Å². The zero-order valence-corrected chi connectivity index (χ0v) is 4.93. The molecule has 0 aliphatic rings. The Kier molecular flexibility index (Phi) is 2.67. The van der Waals surface area contributed by atoms with E-state index in [-0.39, 0.29) is 6.54 Å². The molecule has 3 N–H and O–H groups in total. The van der Waals surface area contributed by atoms with Crippen molar-refractivity contribution in [3.8, 4) is 0 Å². The molecule has 48 valence electrons. The maximum absolute atomic E-state index is 9.80. The van der Waals surface area contributed by atoms with Crippen LogP contribution in [0.3, 0.4) is 0 Å². The van der Waals surface area contributed by atoms with E-state index in [0.717, 1.165) is 6.08 Å². The van der Waals surface area contributed by atoms with Crippen molar-refractivity contribution in [3.05, 3.63) is 11.5 Å². The fourth-order valence-corrected chi connectivity index (χ4v) is 0.531. The van der Waals surface area contributed by atoms with Crippen LogP contribution in [0.2, 0.25) is 0 Å². The van der Waals surface area contributed by atoms with Gasteiger partial charge < -0.3 is 5.73 Å². The van der Waals surface area contributed by atoms with Crippen LogP contribution in [0.25, 0.3) is 0 Å². The number of hydrogen-bond acceptors (Lipinski definition) is 3. The number of nitrogens with two attached hydrogens (primary N) is 1. The second kappa shape index (κ2) is 2.81. The molecule has 0 rings (SSSR count). The molecule has 0 saturated heterocycles. The highest BCUT2D eigenvalue weighted by molar-refractivity contribution is 7.88. The van der Waals surface area contributed by atoms with Crippen molar-refractivity contribution in [1.29, 1.82) is 0 Å². The van der Waals surface area contributed by atoms with Crippen LogP contribution >= 0.6 is 0 Å². The first kappa shape index (κ1) is 7.61. The summed E-state index contributed by atoms with van der Waals surface area (Å²) < 4.78 is 27.6. The average molecular weight is 137 g/mol. The van der Waals surface area contributed by atoms with Gasteiger partial charge in [0.1, 0.15) is 0 Å². The molecular formula is C3H7NO3S.